The Kier molecular flexibility index (Phi) is 5.16. The minimum atomic E-state index is -0.206. The van der Waals surface area contributed by atoms with Crippen LogP contribution in [0.3, 0.4) is 0 Å². The molecule has 1 saturated heterocycles. The molecular weight excluding hydrogens is 339 g/mol. The summed E-state index contributed by atoms with van der Waals surface area (Å²) in [5, 5.41) is 5.38. The molecule has 0 aliphatic carbocycles. The van der Waals surface area contributed by atoms with Gasteiger partial charge in [-0.2, -0.15) is 0 Å². The van der Waals surface area contributed by atoms with Crippen LogP contribution in [0.5, 0.6) is 0 Å². The van der Waals surface area contributed by atoms with Gasteiger partial charge in [-0.25, -0.2) is 4.39 Å². The van der Waals surface area contributed by atoms with E-state index >= 15 is 0 Å². The standard InChI is InChI=1S/C23H23FN2O/c24-21-8-5-17(6-9-21)16-26-13-11-19(12-14-26)23(27)25-22-10-7-18-3-1-2-4-20(18)15-22/h1-10,15,19H,11-14,16H2,(H,25,27). The van der Waals surface area contributed by atoms with Gasteiger partial charge in [0.25, 0.3) is 0 Å². The third kappa shape index (κ3) is 4.34. The maximum atomic E-state index is 13.0. The van der Waals surface area contributed by atoms with Gasteiger partial charge in [0.05, 0.1) is 0 Å². The van der Waals surface area contributed by atoms with Crippen LogP contribution in [0, 0.1) is 11.7 Å². The molecule has 3 aromatic carbocycles. The molecule has 0 radical (unpaired) electrons. The molecule has 1 aliphatic heterocycles. The second-order valence-electron chi connectivity index (χ2n) is 7.23. The van der Waals surface area contributed by atoms with Gasteiger partial charge in [0.2, 0.25) is 5.91 Å². The van der Waals surface area contributed by atoms with Crippen LogP contribution < -0.4 is 5.32 Å². The monoisotopic (exact) mass is 362 g/mol. The lowest BCUT2D eigenvalue weighted by Gasteiger charge is -2.31. The van der Waals surface area contributed by atoms with Crippen molar-refractivity contribution in [1.29, 1.82) is 0 Å². The molecule has 3 aromatic rings. The Morgan fingerprint density at radius 2 is 1.67 bits per heavy atom. The second kappa shape index (κ2) is 7.89. The molecule has 0 spiro atoms. The molecule has 1 fully saturated rings. The van der Waals surface area contributed by atoms with Crippen molar-refractivity contribution in [2.24, 2.45) is 5.92 Å². The van der Waals surface area contributed by atoms with Crippen LogP contribution in [0.25, 0.3) is 10.8 Å². The van der Waals surface area contributed by atoms with E-state index in [0.717, 1.165) is 49.1 Å². The number of nitrogens with zero attached hydrogens (tertiary/aromatic N) is 1. The number of carbonyl (C=O) groups is 1. The fourth-order valence-corrected chi connectivity index (χ4v) is 3.71. The molecule has 4 rings (SSSR count). The highest BCUT2D eigenvalue weighted by Crippen LogP contribution is 2.23. The Labute approximate surface area is 158 Å². The summed E-state index contributed by atoms with van der Waals surface area (Å²) in [7, 11) is 0. The maximum Gasteiger partial charge on any atom is 0.227 e. The van der Waals surface area contributed by atoms with E-state index in [9.17, 15) is 9.18 Å². The van der Waals surface area contributed by atoms with Crippen LogP contribution in [0.15, 0.2) is 66.7 Å². The predicted molar refractivity (Wildman–Crippen MR) is 107 cm³/mol. The normalized spacial score (nSPS) is 15.7. The summed E-state index contributed by atoms with van der Waals surface area (Å²) in [5.41, 5.74) is 1.96. The summed E-state index contributed by atoms with van der Waals surface area (Å²) >= 11 is 0. The summed E-state index contributed by atoms with van der Waals surface area (Å²) in [6, 6.07) is 20.8. The van der Waals surface area contributed by atoms with Crippen molar-refractivity contribution in [2.45, 2.75) is 19.4 Å². The number of likely N-dealkylation sites (tertiary alicyclic amines) is 1. The van der Waals surface area contributed by atoms with Crippen molar-refractivity contribution in [2.75, 3.05) is 18.4 Å². The first-order valence-electron chi connectivity index (χ1n) is 9.44. The summed E-state index contributed by atoms with van der Waals surface area (Å²) < 4.78 is 13.0. The third-order valence-electron chi connectivity index (χ3n) is 5.29. The Hall–Kier alpha value is -2.72. The topological polar surface area (TPSA) is 32.3 Å². The molecule has 0 atom stereocenters. The van der Waals surface area contributed by atoms with E-state index in [4.69, 9.17) is 0 Å². The highest BCUT2D eigenvalue weighted by Gasteiger charge is 2.25. The molecule has 27 heavy (non-hydrogen) atoms. The number of anilines is 1. The van der Waals surface area contributed by atoms with E-state index in [1.165, 1.54) is 17.5 Å². The summed E-state index contributed by atoms with van der Waals surface area (Å²) in [6.45, 7) is 2.57. The van der Waals surface area contributed by atoms with E-state index in [-0.39, 0.29) is 17.6 Å². The Morgan fingerprint density at radius 3 is 2.41 bits per heavy atom. The lowest BCUT2D eigenvalue weighted by Crippen LogP contribution is -2.37. The molecule has 1 aliphatic rings. The average molecular weight is 362 g/mol. The number of hydrogen-bond donors (Lipinski definition) is 1. The molecule has 0 aromatic heterocycles. The van der Waals surface area contributed by atoms with E-state index in [1.807, 2.05) is 42.5 Å². The molecule has 4 heteroatoms. The van der Waals surface area contributed by atoms with Crippen molar-refractivity contribution in [3.8, 4) is 0 Å². The van der Waals surface area contributed by atoms with Crippen LogP contribution in [-0.4, -0.2) is 23.9 Å². The van der Waals surface area contributed by atoms with Crippen molar-refractivity contribution >= 4 is 22.4 Å². The molecule has 0 saturated carbocycles. The molecule has 1 heterocycles. The van der Waals surface area contributed by atoms with Crippen LogP contribution >= 0.6 is 0 Å². The fraction of sp³-hybridized carbons (Fsp3) is 0.261. The average Bonchev–Trinajstić information content (AvgIpc) is 2.70. The minimum absolute atomic E-state index is 0.0425. The van der Waals surface area contributed by atoms with Gasteiger partial charge in [0.15, 0.2) is 0 Å². The first kappa shape index (κ1) is 17.7. The minimum Gasteiger partial charge on any atom is -0.326 e. The smallest absolute Gasteiger partial charge is 0.227 e. The molecular formula is C23H23FN2O. The number of fused-ring (bicyclic) bond motifs is 1. The Balaban J connectivity index is 1.32. The van der Waals surface area contributed by atoms with E-state index in [1.54, 1.807) is 0 Å². The zero-order valence-corrected chi connectivity index (χ0v) is 15.2. The number of rotatable bonds is 4. The zero-order chi connectivity index (χ0) is 18.6. The molecule has 3 nitrogen and oxygen atoms in total. The van der Waals surface area contributed by atoms with Crippen LogP contribution in [0.1, 0.15) is 18.4 Å². The lowest BCUT2D eigenvalue weighted by molar-refractivity contribution is -0.121. The first-order valence-corrected chi connectivity index (χ1v) is 9.44. The van der Waals surface area contributed by atoms with Gasteiger partial charge < -0.3 is 5.32 Å². The van der Waals surface area contributed by atoms with Crippen molar-refractivity contribution in [3.05, 3.63) is 78.1 Å². The summed E-state index contributed by atoms with van der Waals surface area (Å²) in [6.07, 6.45) is 1.70. The Morgan fingerprint density at radius 1 is 0.963 bits per heavy atom. The molecule has 1 amide bonds. The van der Waals surface area contributed by atoms with Crippen LogP contribution in [0.4, 0.5) is 10.1 Å². The van der Waals surface area contributed by atoms with Crippen molar-refractivity contribution < 1.29 is 9.18 Å². The third-order valence-corrected chi connectivity index (χ3v) is 5.29. The number of amides is 1. The van der Waals surface area contributed by atoms with Gasteiger partial charge in [0.1, 0.15) is 5.82 Å². The van der Waals surface area contributed by atoms with Gasteiger partial charge in [-0.3, -0.25) is 9.69 Å². The summed E-state index contributed by atoms with van der Waals surface area (Å²) in [4.78, 5) is 15.0. The van der Waals surface area contributed by atoms with E-state index in [2.05, 4.69) is 22.3 Å². The van der Waals surface area contributed by atoms with E-state index < -0.39 is 0 Å². The quantitative estimate of drug-likeness (QED) is 0.721. The fourth-order valence-electron chi connectivity index (χ4n) is 3.71. The van der Waals surface area contributed by atoms with Gasteiger partial charge in [0, 0.05) is 18.2 Å². The second-order valence-corrected chi connectivity index (χ2v) is 7.23. The molecule has 138 valence electrons. The van der Waals surface area contributed by atoms with Gasteiger partial charge >= 0.3 is 0 Å². The number of hydrogen-bond acceptors (Lipinski definition) is 2. The first-order chi connectivity index (χ1) is 13.2. The largest absolute Gasteiger partial charge is 0.326 e. The number of benzene rings is 3. The van der Waals surface area contributed by atoms with E-state index in [0.29, 0.717) is 0 Å². The molecule has 1 N–H and O–H groups in total. The SMILES string of the molecule is O=C(Nc1ccc2ccccc2c1)C1CCN(Cc2ccc(F)cc2)CC1. The van der Waals surface area contributed by atoms with Crippen LogP contribution in [-0.2, 0) is 11.3 Å². The van der Waals surface area contributed by atoms with Crippen molar-refractivity contribution in [3.63, 3.8) is 0 Å². The predicted octanol–water partition coefficient (Wildman–Crippen LogP) is 4.83. The number of piperidine rings is 1. The van der Waals surface area contributed by atoms with Gasteiger partial charge in [-0.05, 0) is 66.5 Å². The molecule has 0 bridgehead atoms. The van der Waals surface area contributed by atoms with Gasteiger partial charge in [-0.15, -0.1) is 0 Å². The maximum absolute atomic E-state index is 13.0. The highest BCUT2D eigenvalue weighted by molar-refractivity contribution is 5.95. The van der Waals surface area contributed by atoms with Gasteiger partial charge in [-0.1, -0.05) is 42.5 Å². The lowest BCUT2D eigenvalue weighted by atomic mass is 9.95. The van der Waals surface area contributed by atoms with Crippen LogP contribution in [0.2, 0.25) is 0 Å². The zero-order valence-electron chi connectivity index (χ0n) is 15.2. The summed E-state index contributed by atoms with van der Waals surface area (Å²) in [5.74, 6) is -0.0597. The number of carbonyl (C=O) groups excluding carboxylic acids is 1. The highest BCUT2D eigenvalue weighted by atomic mass is 19.1. The molecule has 0 unspecified atom stereocenters. The number of nitrogens with one attached hydrogen (secondary N) is 1. The Bertz CT molecular complexity index is 931. The number of halogens is 1. The van der Waals surface area contributed by atoms with Crippen molar-refractivity contribution in [1.82, 2.24) is 4.90 Å².